The fourth-order valence-corrected chi connectivity index (χ4v) is 1.12. The van der Waals surface area contributed by atoms with Gasteiger partial charge in [-0.3, -0.25) is 0 Å². The summed E-state index contributed by atoms with van der Waals surface area (Å²) in [7, 11) is 0. The van der Waals surface area contributed by atoms with Gasteiger partial charge < -0.3 is 0 Å². The highest BCUT2D eigenvalue weighted by Crippen LogP contribution is 2.24. The molecule has 4 nitrogen and oxygen atoms in total. The van der Waals surface area contributed by atoms with Crippen molar-refractivity contribution in [3.05, 3.63) is 35.6 Å². The van der Waals surface area contributed by atoms with E-state index < -0.39 is 17.5 Å². The Morgan fingerprint density at radius 3 is 1.55 bits per heavy atom. The zero-order valence-electron chi connectivity index (χ0n) is 12.9. The Hall–Kier alpha value is -1.01. The molecule has 0 aliphatic rings. The van der Waals surface area contributed by atoms with Gasteiger partial charge in [-0.1, -0.05) is 12.1 Å². The third-order valence-corrected chi connectivity index (χ3v) is 1.91. The maximum absolute atomic E-state index is 13.0. The minimum atomic E-state index is -0.894. The van der Waals surface area contributed by atoms with Crippen molar-refractivity contribution in [2.24, 2.45) is 0 Å². The van der Waals surface area contributed by atoms with Crippen molar-refractivity contribution in [1.29, 1.82) is 0 Å². The number of hydrogen-bond acceptors (Lipinski definition) is 4. The minimum absolute atomic E-state index is 0.332. The lowest BCUT2D eigenvalue weighted by atomic mass is 10.2. The second-order valence-corrected chi connectivity index (χ2v) is 6.47. The van der Waals surface area contributed by atoms with Crippen LogP contribution in [0.2, 0.25) is 0 Å². The molecular formula is C15H23FO4. The van der Waals surface area contributed by atoms with E-state index in [0.717, 1.165) is 0 Å². The zero-order chi connectivity index (χ0) is 15.4. The van der Waals surface area contributed by atoms with Gasteiger partial charge in [0.05, 0.1) is 11.2 Å². The van der Waals surface area contributed by atoms with Crippen molar-refractivity contribution < 1.29 is 23.9 Å². The minimum Gasteiger partial charge on any atom is -0.228 e. The molecule has 0 bridgehead atoms. The Morgan fingerprint density at radius 1 is 0.800 bits per heavy atom. The van der Waals surface area contributed by atoms with Crippen LogP contribution >= 0.6 is 0 Å². The fourth-order valence-electron chi connectivity index (χ4n) is 1.12. The van der Waals surface area contributed by atoms with E-state index in [9.17, 15) is 4.39 Å². The van der Waals surface area contributed by atoms with Crippen LogP contribution in [0.5, 0.6) is 0 Å². The van der Waals surface area contributed by atoms with Crippen LogP contribution in [-0.2, 0) is 19.6 Å². The topological polar surface area (TPSA) is 36.9 Å². The van der Waals surface area contributed by atoms with Crippen molar-refractivity contribution in [3.8, 4) is 0 Å². The number of benzene rings is 1. The van der Waals surface area contributed by atoms with Gasteiger partial charge in [0.1, 0.15) is 5.82 Å². The van der Waals surface area contributed by atoms with Crippen molar-refractivity contribution in [3.63, 3.8) is 0 Å². The SMILES string of the molecule is CC(C)(C)OOC(OOC(C)(C)C)c1ccc(F)cc1. The summed E-state index contributed by atoms with van der Waals surface area (Å²) in [5.74, 6) is -0.332. The molecule has 0 unspecified atom stereocenters. The summed E-state index contributed by atoms with van der Waals surface area (Å²) in [6, 6.07) is 5.75. The maximum atomic E-state index is 13.0. The molecule has 20 heavy (non-hydrogen) atoms. The molecular weight excluding hydrogens is 263 g/mol. The summed E-state index contributed by atoms with van der Waals surface area (Å²) in [5, 5.41) is 0. The van der Waals surface area contributed by atoms with Gasteiger partial charge in [0.15, 0.2) is 0 Å². The van der Waals surface area contributed by atoms with Gasteiger partial charge in [0.25, 0.3) is 0 Å². The first-order valence-corrected chi connectivity index (χ1v) is 6.51. The second-order valence-electron chi connectivity index (χ2n) is 6.47. The fraction of sp³-hybridized carbons (Fsp3) is 0.600. The number of hydrogen-bond donors (Lipinski definition) is 0. The summed E-state index contributed by atoms with van der Waals surface area (Å²) in [6.45, 7) is 11.1. The lowest BCUT2D eigenvalue weighted by Crippen LogP contribution is -2.25. The molecule has 0 aromatic heterocycles. The molecule has 1 aromatic rings. The lowest BCUT2D eigenvalue weighted by Gasteiger charge is -2.25. The molecule has 5 heteroatoms. The third-order valence-electron chi connectivity index (χ3n) is 1.91. The first kappa shape index (κ1) is 17.0. The highest BCUT2D eigenvalue weighted by molar-refractivity contribution is 5.17. The molecule has 0 amide bonds. The van der Waals surface area contributed by atoms with Crippen LogP contribution in [0.4, 0.5) is 4.39 Å². The zero-order valence-corrected chi connectivity index (χ0v) is 12.9. The number of rotatable bonds is 5. The Kier molecular flexibility index (Phi) is 5.65. The largest absolute Gasteiger partial charge is 0.249 e. The molecule has 0 aliphatic carbocycles. The Morgan fingerprint density at radius 2 is 1.20 bits per heavy atom. The summed E-state index contributed by atoms with van der Waals surface area (Å²) in [5.41, 5.74) is -0.396. The van der Waals surface area contributed by atoms with E-state index >= 15 is 0 Å². The third kappa shape index (κ3) is 6.96. The van der Waals surface area contributed by atoms with Gasteiger partial charge in [-0.2, -0.15) is 9.78 Å². The van der Waals surface area contributed by atoms with E-state index in [1.165, 1.54) is 12.1 Å². The van der Waals surface area contributed by atoms with Gasteiger partial charge in [-0.15, -0.1) is 0 Å². The van der Waals surface area contributed by atoms with Crippen LogP contribution in [0.25, 0.3) is 0 Å². The average molecular weight is 286 g/mol. The maximum Gasteiger partial charge on any atom is 0.249 e. The van der Waals surface area contributed by atoms with Crippen LogP contribution < -0.4 is 0 Å². The molecule has 0 atom stereocenters. The van der Waals surface area contributed by atoms with Crippen LogP contribution in [0.1, 0.15) is 53.4 Å². The lowest BCUT2D eigenvalue weighted by molar-refractivity contribution is -0.502. The molecule has 0 heterocycles. The summed E-state index contributed by atoms with van der Waals surface area (Å²) < 4.78 is 13.0. The van der Waals surface area contributed by atoms with Crippen molar-refractivity contribution in [2.75, 3.05) is 0 Å². The van der Waals surface area contributed by atoms with Crippen molar-refractivity contribution in [2.45, 2.75) is 59.0 Å². The van der Waals surface area contributed by atoms with E-state index in [1.807, 2.05) is 41.5 Å². The second kappa shape index (κ2) is 6.63. The van der Waals surface area contributed by atoms with Crippen LogP contribution in [0.3, 0.4) is 0 Å². The molecule has 1 aromatic carbocycles. The Labute approximate surface area is 119 Å². The highest BCUT2D eigenvalue weighted by atomic mass is 19.1. The molecule has 0 saturated heterocycles. The average Bonchev–Trinajstić information content (AvgIpc) is 2.28. The predicted molar refractivity (Wildman–Crippen MR) is 73.0 cm³/mol. The standard InChI is InChI=1S/C15H23FO4/c1-14(2,3)19-17-13(18-20-15(4,5)6)11-7-9-12(16)10-8-11/h7-10,13H,1-6H3. The van der Waals surface area contributed by atoms with Gasteiger partial charge in [-0.05, 0) is 53.7 Å². The van der Waals surface area contributed by atoms with E-state index in [-0.39, 0.29) is 5.82 Å². The van der Waals surface area contributed by atoms with Crippen LogP contribution in [0, 0.1) is 5.82 Å². The predicted octanol–water partition coefficient (Wildman–Crippen LogP) is 4.32. The van der Waals surface area contributed by atoms with E-state index in [2.05, 4.69) is 0 Å². The van der Waals surface area contributed by atoms with E-state index in [4.69, 9.17) is 19.6 Å². The van der Waals surface area contributed by atoms with Crippen molar-refractivity contribution >= 4 is 0 Å². The van der Waals surface area contributed by atoms with Crippen LogP contribution in [0.15, 0.2) is 24.3 Å². The molecule has 0 spiro atoms. The van der Waals surface area contributed by atoms with E-state index in [1.54, 1.807) is 12.1 Å². The molecule has 114 valence electrons. The Bertz CT molecular complexity index is 385. The van der Waals surface area contributed by atoms with Crippen molar-refractivity contribution in [1.82, 2.24) is 0 Å². The monoisotopic (exact) mass is 286 g/mol. The molecule has 0 aliphatic heterocycles. The van der Waals surface area contributed by atoms with Gasteiger partial charge in [0, 0.05) is 5.56 Å². The molecule has 0 fully saturated rings. The normalized spacial score (nSPS) is 13.0. The quantitative estimate of drug-likeness (QED) is 0.459. The molecule has 1 rings (SSSR count). The van der Waals surface area contributed by atoms with Gasteiger partial charge >= 0.3 is 0 Å². The van der Waals surface area contributed by atoms with Gasteiger partial charge in [-0.25, -0.2) is 14.2 Å². The summed E-state index contributed by atoms with van der Waals surface area (Å²) in [4.78, 5) is 21.0. The van der Waals surface area contributed by atoms with Gasteiger partial charge in [0.2, 0.25) is 6.29 Å². The highest BCUT2D eigenvalue weighted by Gasteiger charge is 2.23. The number of halogens is 1. The molecule has 0 radical (unpaired) electrons. The van der Waals surface area contributed by atoms with Crippen LogP contribution in [-0.4, -0.2) is 11.2 Å². The first-order valence-electron chi connectivity index (χ1n) is 6.51. The first-order chi connectivity index (χ1) is 9.07. The van der Waals surface area contributed by atoms with E-state index in [0.29, 0.717) is 5.56 Å². The summed E-state index contributed by atoms with van der Waals surface area (Å²) >= 11 is 0. The summed E-state index contributed by atoms with van der Waals surface area (Å²) in [6.07, 6.45) is -0.894. The smallest absolute Gasteiger partial charge is 0.228 e. The molecule has 0 saturated carbocycles. The molecule has 0 N–H and O–H groups in total. The Balaban J connectivity index is 2.75.